The first kappa shape index (κ1) is 26.7. The van der Waals surface area contributed by atoms with E-state index >= 15 is 0 Å². The molecule has 2 aromatic rings. The van der Waals surface area contributed by atoms with E-state index in [2.05, 4.69) is 73.3 Å². The predicted octanol–water partition coefficient (Wildman–Crippen LogP) is 7.58. The number of nitriles is 1. The number of benzene rings is 2. The van der Waals surface area contributed by atoms with Crippen molar-refractivity contribution in [1.82, 2.24) is 4.90 Å². The van der Waals surface area contributed by atoms with Crippen molar-refractivity contribution in [3.8, 4) is 6.07 Å². The van der Waals surface area contributed by atoms with Gasteiger partial charge in [-0.15, -0.1) is 23.2 Å². The van der Waals surface area contributed by atoms with Gasteiger partial charge in [0, 0.05) is 24.9 Å². The van der Waals surface area contributed by atoms with E-state index in [-0.39, 0.29) is 10.8 Å². The Kier molecular flexibility index (Phi) is 12.2. The molecule has 0 radical (unpaired) electrons. The van der Waals surface area contributed by atoms with Gasteiger partial charge in [-0.3, -0.25) is 0 Å². The first-order valence-corrected chi connectivity index (χ1v) is 12.8. The smallest absolute Gasteiger partial charge is 0.0587 e. The molecule has 2 aromatic carbocycles. The van der Waals surface area contributed by atoms with E-state index in [1.54, 1.807) is 6.07 Å². The fourth-order valence-electron chi connectivity index (χ4n) is 4.50. The highest BCUT2D eigenvalue weighted by molar-refractivity contribution is 6.30. The lowest BCUT2D eigenvalue weighted by molar-refractivity contribution is 0.212. The molecule has 3 rings (SSSR count). The summed E-state index contributed by atoms with van der Waals surface area (Å²) in [5, 5.41) is 7.56. The average Bonchev–Trinajstić information content (AvgIpc) is 2.81. The van der Waals surface area contributed by atoms with Crippen LogP contribution < -0.4 is 0 Å². The second-order valence-electron chi connectivity index (χ2n) is 8.76. The van der Waals surface area contributed by atoms with Crippen LogP contribution in [0.3, 0.4) is 0 Å². The van der Waals surface area contributed by atoms with Gasteiger partial charge in [0.15, 0.2) is 0 Å². The molecule has 0 heterocycles. The lowest BCUT2D eigenvalue weighted by Crippen LogP contribution is -2.35. The van der Waals surface area contributed by atoms with Crippen LogP contribution in [0.15, 0.2) is 54.6 Å². The molecule has 1 aliphatic carbocycles. The third-order valence-electron chi connectivity index (χ3n) is 6.56. The normalized spacial score (nSPS) is 21.3. The predicted molar refractivity (Wildman–Crippen MR) is 139 cm³/mol. The number of rotatable bonds is 9. The van der Waals surface area contributed by atoms with Crippen LogP contribution in [0.25, 0.3) is 0 Å². The summed E-state index contributed by atoms with van der Waals surface area (Å²) in [6.45, 7) is 8.31. The maximum atomic E-state index is 7.32. The third kappa shape index (κ3) is 8.78. The van der Waals surface area contributed by atoms with Gasteiger partial charge in [0.05, 0.1) is 11.4 Å². The lowest BCUT2D eigenvalue weighted by Gasteiger charge is -2.29. The van der Waals surface area contributed by atoms with Crippen molar-refractivity contribution in [3.63, 3.8) is 0 Å². The van der Waals surface area contributed by atoms with E-state index in [9.17, 15) is 0 Å². The zero-order chi connectivity index (χ0) is 23.3. The summed E-state index contributed by atoms with van der Waals surface area (Å²) >= 11 is 12.7. The Morgan fingerprint density at radius 1 is 0.969 bits per heavy atom. The van der Waals surface area contributed by atoms with Gasteiger partial charge in [0.25, 0.3) is 0 Å². The van der Waals surface area contributed by atoms with Gasteiger partial charge >= 0.3 is 0 Å². The lowest BCUT2D eigenvalue weighted by atomic mass is 9.83. The molecule has 4 heteroatoms. The molecule has 32 heavy (non-hydrogen) atoms. The van der Waals surface area contributed by atoms with E-state index in [1.165, 1.54) is 30.0 Å². The van der Waals surface area contributed by atoms with Crippen molar-refractivity contribution >= 4 is 23.2 Å². The van der Waals surface area contributed by atoms with E-state index in [0.717, 1.165) is 45.2 Å². The Morgan fingerprint density at radius 2 is 1.59 bits per heavy atom. The molecule has 2 nitrogen and oxygen atoms in total. The summed E-state index contributed by atoms with van der Waals surface area (Å²) in [6.07, 6.45) is 6.63. The van der Waals surface area contributed by atoms with Gasteiger partial charge in [0.2, 0.25) is 0 Å². The van der Waals surface area contributed by atoms with Gasteiger partial charge < -0.3 is 4.90 Å². The van der Waals surface area contributed by atoms with E-state index in [4.69, 9.17) is 28.5 Å². The number of likely N-dealkylation sites (N-methyl/N-ethyl adjacent to an activating group) is 1. The third-order valence-corrected chi connectivity index (χ3v) is 7.69. The van der Waals surface area contributed by atoms with E-state index in [0.29, 0.717) is 12.0 Å². The summed E-state index contributed by atoms with van der Waals surface area (Å²) in [7, 11) is 0. The molecule has 0 saturated heterocycles. The van der Waals surface area contributed by atoms with Gasteiger partial charge in [-0.25, -0.2) is 0 Å². The van der Waals surface area contributed by atoms with Crippen LogP contribution in [0, 0.1) is 11.3 Å². The second-order valence-corrected chi connectivity index (χ2v) is 9.88. The average molecular weight is 474 g/mol. The van der Waals surface area contributed by atoms with Crippen LogP contribution in [-0.2, 0) is 12.8 Å². The second kappa shape index (κ2) is 14.6. The number of hydrogen-bond acceptors (Lipinski definition) is 2. The molecule has 1 aliphatic rings. The highest BCUT2D eigenvalue weighted by Crippen LogP contribution is 2.37. The van der Waals surface area contributed by atoms with Crippen LogP contribution in [-0.4, -0.2) is 34.8 Å². The van der Waals surface area contributed by atoms with Crippen LogP contribution in [0.5, 0.6) is 0 Å². The molecular weight excluding hydrogens is 435 g/mol. The van der Waals surface area contributed by atoms with Gasteiger partial charge in [-0.2, -0.15) is 5.26 Å². The van der Waals surface area contributed by atoms with Crippen LogP contribution >= 0.6 is 23.2 Å². The van der Waals surface area contributed by atoms with Crippen LogP contribution in [0.2, 0.25) is 0 Å². The highest BCUT2D eigenvalue weighted by Gasteiger charge is 2.28. The first-order chi connectivity index (χ1) is 15.5. The minimum atomic E-state index is 0.104. The Bertz CT molecular complexity index is 800. The minimum Gasteiger partial charge on any atom is -0.301 e. The van der Waals surface area contributed by atoms with Crippen LogP contribution in [0.4, 0.5) is 0 Å². The minimum absolute atomic E-state index is 0.104. The topological polar surface area (TPSA) is 27.0 Å². The molecule has 1 saturated carbocycles. The van der Waals surface area contributed by atoms with Crippen molar-refractivity contribution in [3.05, 3.63) is 71.3 Å². The fourth-order valence-corrected chi connectivity index (χ4v) is 5.07. The summed E-state index contributed by atoms with van der Waals surface area (Å²) in [5.41, 5.74) is 4.29. The SMILES string of the molecule is CC#N.CCN(CCc1ccccc1)C(C)CCc1ccc(C2CCC(Cl)C(Cl)C2)cc1. The van der Waals surface area contributed by atoms with E-state index in [1.807, 2.05) is 0 Å². The molecular formula is C28H38Cl2N2. The summed E-state index contributed by atoms with van der Waals surface area (Å²) < 4.78 is 0. The number of hydrogen-bond donors (Lipinski definition) is 0. The Morgan fingerprint density at radius 3 is 2.19 bits per heavy atom. The zero-order valence-electron chi connectivity index (χ0n) is 19.8. The van der Waals surface area contributed by atoms with Crippen LogP contribution in [0.1, 0.15) is 69.1 Å². The number of alkyl halides is 2. The molecule has 1 fully saturated rings. The van der Waals surface area contributed by atoms with Crippen molar-refractivity contribution in [2.75, 3.05) is 13.1 Å². The maximum absolute atomic E-state index is 7.32. The molecule has 0 bridgehead atoms. The molecule has 0 amide bonds. The monoisotopic (exact) mass is 472 g/mol. The molecule has 0 aliphatic heterocycles. The zero-order valence-corrected chi connectivity index (χ0v) is 21.3. The summed E-state index contributed by atoms with van der Waals surface area (Å²) in [6, 6.07) is 22.4. The molecule has 0 N–H and O–H groups in total. The Hall–Kier alpha value is -1.53. The fraction of sp³-hybridized carbons (Fsp3) is 0.536. The number of nitrogens with zero attached hydrogens (tertiary/aromatic N) is 2. The molecule has 0 aromatic heterocycles. The van der Waals surface area contributed by atoms with Gasteiger partial charge in [-0.1, -0.05) is 61.5 Å². The maximum Gasteiger partial charge on any atom is 0.0587 e. The van der Waals surface area contributed by atoms with Crippen molar-refractivity contribution in [2.24, 2.45) is 0 Å². The number of halogens is 2. The Balaban J connectivity index is 0.00000114. The number of aryl methyl sites for hydroxylation is 1. The standard InChI is InChI=1S/C26H35Cl2N.C2H3N/c1-3-29(18-17-21-7-5-4-6-8-21)20(2)9-10-22-11-13-23(14-12-22)24-15-16-25(27)26(28)19-24;1-2-3/h4-8,11-14,20,24-26H,3,9-10,15-19H2,1-2H3;1H3. The first-order valence-electron chi connectivity index (χ1n) is 11.9. The largest absolute Gasteiger partial charge is 0.301 e. The summed E-state index contributed by atoms with van der Waals surface area (Å²) in [4.78, 5) is 2.60. The molecule has 4 atom stereocenters. The highest BCUT2D eigenvalue weighted by atomic mass is 35.5. The van der Waals surface area contributed by atoms with Crippen molar-refractivity contribution in [2.45, 2.75) is 82.0 Å². The van der Waals surface area contributed by atoms with Gasteiger partial charge in [-0.05, 0) is 74.6 Å². The van der Waals surface area contributed by atoms with E-state index < -0.39 is 0 Å². The Labute approximate surface area is 205 Å². The molecule has 174 valence electrons. The van der Waals surface area contributed by atoms with Gasteiger partial charge in [0.1, 0.15) is 0 Å². The van der Waals surface area contributed by atoms with Crippen molar-refractivity contribution in [1.29, 1.82) is 5.26 Å². The quantitative estimate of drug-likeness (QED) is 0.351. The molecule has 0 spiro atoms. The van der Waals surface area contributed by atoms with Crippen molar-refractivity contribution < 1.29 is 0 Å². The summed E-state index contributed by atoms with van der Waals surface area (Å²) in [5.74, 6) is 0.564. The molecule has 4 unspecified atom stereocenters.